The first-order chi connectivity index (χ1) is 4.65. The fourth-order valence-electron chi connectivity index (χ4n) is 1.45. The van der Waals surface area contributed by atoms with Crippen LogP contribution in [0.2, 0.25) is 0 Å². The second-order valence-electron chi connectivity index (χ2n) is 3.45. The average molecular weight is 170 g/mol. The molecule has 0 N–H and O–H groups in total. The molecule has 1 rings (SSSR count). The van der Waals surface area contributed by atoms with E-state index in [1.165, 1.54) is 0 Å². The highest BCUT2D eigenvalue weighted by molar-refractivity contribution is 5.20. The highest BCUT2D eigenvalue weighted by Crippen LogP contribution is 2.62. The van der Waals surface area contributed by atoms with Gasteiger partial charge in [-0.3, -0.25) is 0 Å². The molecule has 11 heavy (non-hydrogen) atoms. The second kappa shape index (κ2) is 1.72. The number of alkyl halides is 4. The van der Waals surface area contributed by atoms with Crippen LogP contribution in [-0.4, -0.2) is 17.3 Å². The van der Waals surface area contributed by atoms with E-state index in [1.54, 1.807) is 0 Å². The molecule has 0 bridgehead atoms. The van der Waals surface area contributed by atoms with Crippen molar-refractivity contribution in [3.05, 3.63) is 0 Å². The van der Waals surface area contributed by atoms with Crippen molar-refractivity contribution in [1.82, 2.24) is 0 Å². The quantitative estimate of drug-likeness (QED) is 0.490. The van der Waals surface area contributed by atoms with Crippen LogP contribution in [0.15, 0.2) is 0 Å². The monoisotopic (exact) mass is 170 g/mol. The molecule has 1 aliphatic rings. The molecule has 1 fully saturated rings. The van der Waals surface area contributed by atoms with Crippen molar-refractivity contribution in [2.24, 2.45) is 5.92 Å². The maximum Gasteiger partial charge on any atom is 0.314 e. The molecule has 1 aliphatic carbocycles. The van der Waals surface area contributed by atoms with E-state index in [1.807, 2.05) is 0 Å². The van der Waals surface area contributed by atoms with E-state index in [2.05, 4.69) is 0 Å². The zero-order chi connectivity index (χ0) is 9.08. The zero-order valence-electron chi connectivity index (χ0n) is 6.59. The molecule has 2 atom stereocenters. The van der Waals surface area contributed by atoms with Crippen LogP contribution in [0.25, 0.3) is 0 Å². The van der Waals surface area contributed by atoms with Gasteiger partial charge in [-0.1, -0.05) is 6.92 Å². The first-order valence-electron chi connectivity index (χ1n) is 3.41. The first-order valence-corrected chi connectivity index (χ1v) is 3.41. The molecule has 0 heterocycles. The number of hydrogen-bond acceptors (Lipinski definition) is 0. The Morgan fingerprint density at radius 2 is 1.18 bits per heavy atom. The maximum atomic E-state index is 12.9. The third-order valence-corrected chi connectivity index (χ3v) is 2.85. The third kappa shape index (κ3) is 0.656. The maximum absolute atomic E-state index is 12.9. The Morgan fingerprint density at radius 3 is 1.27 bits per heavy atom. The Morgan fingerprint density at radius 1 is 0.909 bits per heavy atom. The summed E-state index contributed by atoms with van der Waals surface area (Å²) in [6.45, 7) is 2.62. The molecule has 66 valence electrons. The molecular weight excluding hydrogens is 160 g/mol. The Bertz CT molecular complexity index is 165. The standard InChI is InChI=1S/C7H10F4/c1-4-5(2,8)7(10,11)6(4,3)9/h4H,1-3H3. The normalized spacial score (nSPS) is 55.4. The van der Waals surface area contributed by atoms with Crippen molar-refractivity contribution in [3.8, 4) is 0 Å². The smallest absolute Gasteiger partial charge is 0.237 e. The summed E-state index contributed by atoms with van der Waals surface area (Å²) in [6.07, 6.45) is 0. The molecule has 0 aliphatic heterocycles. The summed E-state index contributed by atoms with van der Waals surface area (Å²) in [7, 11) is 0. The van der Waals surface area contributed by atoms with E-state index in [0.29, 0.717) is 0 Å². The van der Waals surface area contributed by atoms with Crippen molar-refractivity contribution in [2.45, 2.75) is 38.0 Å². The van der Waals surface area contributed by atoms with Gasteiger partial charge in [0.05, 0.1) is 0 Å². The SMILES string of the molecule is CC1C(C)(F)C(F)(F)C1(C)F. The van der Waals surface area contributed by atoms with E-state index in [4.69, 9.17) is 0 Å². The topological polar surface area (TPSA) is 0 Å². The molecule has 0 saturated heterocycles. The Hall–Kier alpha value is -0.280. The van der Waals surface area contributed by atoms with E-state index in [9.17, 15) is 17.6 Å². The summed E-state index contributed by atoms with van der Waals surface area (Å²) in [4.78, 5) is 0. The number of rotatable bonds is 0. The highest BCUT2D eigenvalue weighted by Gasteiger charge is 2.80. The molecule has 2 unspecified atom stereocenters. The lowest BCUT2D eigenvalue weighted by Crippen LogP contribution is -2.75. The highest BCUT2D eigenvalue weighted by atomic mass is 19.3. The fraction of sp³-hybridized carbons (Fsp3) is 1.00. The minimum Gasteiger partial charge on any atom is -0.237 e. The molecule has 0 aromatic heterocycles. The summed E-state index contributed by atoms with van der Waals surface area (Å²) in [5.41, 5.74) is -5.40. The van der Waals surface area contributed by atoms with Crippen molar-refractivity contribution < 1.29 is 17.6 Å². The fourth-order valence-corrected chi connectivity index (χ4v) is 1.45. The summed E-state index contributed by atoms with van der Waals surface area (Å²) >= 11 is 0. The minimum absolute atomic E-state index is 0.735. The van der Waals surface area contributed by atoms with Crippen LogP contribution in [0, 0.1) is 5.92 Å². The molecule has 0 aromatic carbocycles. The van der Waals surface area contributed by atoms with Crippen molar-refractivity contribution in [3.63, 3.8) is 0 Å². The van der Waals surface area contributed by atoms with Gasteiger partial charge in [0.25, 0.3) is 0 Å². The van der Waals surface area contributed by atoms with Gasteiger partial charge >= 0.3 is 5.92 Å². The summed E-state index contributed by atoms with van der Waals surface area (Å²) in [5, 5.41) is 0. The summed E-state index contributed by atoms with van der Waals surface area (Å²) in [5.74, 6) is -5.09. The van der Waals surface area contributed by atoms with Gasteiger partial charge in [-0.25, -0.2) is 8.78 Å². The van der Waals surface area contributed by atoms with Gasteiger partial charge in [0.15, 0.2) is 11.3 Å². The van der Waals surface area contributed by atoms with Gasteiger partial charge in [-0.15, -0.1) is 0 Å². The average Bonchev–Trinajstić information content (AvgIpc) is 1.84. The van der Waals surface area contributed by atoms with E-state index < -0.39 is 23.2 Å². The van der Waals surface area contributed by atoms with Crippen LogP contribution < -0.4 is 0 Å². The van der Waals surface area contributed by atoms with Gasteiger partial charge in [0, 0.05) is 5.92 Å². The van der Waals surface area contributed by atoms with Crippen molar-refractivity contribution in [2.75, 3.05) is 0 Å². The van der Waals surface area contributed by atoms with E-state index >= 15 is 0 Å². The molecular formula is C7H10F4. The molecule has 0 radical (unpaired) electrons. The van der Waals surface area contributed by atoms with Gasteiger partial charge in [0.1, 0.15) is 0 Å². The number of halogens is 4. The minimum atomic E-state index is -3.85. The number of hydrogen-bond donors (Lipinski definition) is 0. The molecule has 0 nitrogen and oxygen atoms in total. The molecule has 0 amide bonds. The lowest BCUT2D eigenvalue weighted by Gasteiger charge is -2.55. The first kappa shape index (κ1) is 8.81. The van der Waals surface area contributed by atoms with Crippen LogP contribution in [0.4, 0.5) is 17.6 Å². The van der Waals surface area contributed by atoms with E-state index in [0.717, 1.165) is 20.8 Å². The lowest BCUT2D eigenvalue weighted by molar-refractivity contribution is -0.333. The predicted molar refractivity (Wildman–Crippen MR) is 33.1 cm³/mol. The van der Waals surface area contributed by atoms with Gasteiger partial charge in [0.2, 0.25) is 0 Å². The zero-order valence-corrected chi connectivity index (χ0v) is 6.59. The van der Waals surface area contributed by atoms with Crippen LogP contribution in [0.3, 0.4) is 0 Å². The van der Waals surface area contributed by atoms with Gasteiger partial charge in [-0.2, -0.15) is 8.78 Å². The summed E-state index contributed by atoms with van der Waals surface area (Å²) < 4.78 is 51.0. The Labute approximate surface area is 62.6 Å². The van der Waals surface area contributed by atoms with Gasteiger partial charge < -0.3 is 0 Å². The van der Waals surface area contributed by atoms with Crippen molar-refractivity contribution >= 4 is 0 Å². The second-order valence-corrected chi connectivity index (χ2v) is 3.45. The van der Waals surface area contributed by atoms with Crippen LogP contribution >= 0.6 is 0 Å². The van der Waals surface area contributed by atoms with Crippen LogP contribution in [-0.2, 0) is 0 Å². The van der Waals surface area contributed by atoms with Crippen LogP contribution in [0.5, 0.6) is 0 Å². The molecule has 0 spiro atoms. The molecule has 0 aromatic rings. The van der Waals surface area contributed by atoms with Crippen LogP contribution in [0.1, 0.15) is 20.8 Å². The van der Waals surface area contributed by atoms with Gasteiger partial charge in [-0.05, 0) is 13.8 Å². The lowest BCUT2D eigenvalue weighted by atomic mass is 9.59. The third-order valence-electron chi connectivity index (χ3n) is 2.85. The Kier molecular flexibility index (Phi) is 1.38. The van der Waals surface area contributed by atoms with E-state index in [-0.39, 0.29) is 0 Å². The summed E-state index contributed by atoms with van der Waals surface area (Å²) in [6, 6.07) is 0. The molecule has 1 saturated carbocycles. The largest absolute Gasteiger partial charge is 0.314 e. The van der Waals surface area contributed by atoms with Crippen molar-refractivity contribution in [1.29, 1.82) is 0 Å². The Balaban J connectivity index is 2.98. The predicted octanol–water partition coefficient (Wildman–Crippen LogP) is 2.73. The molecule has 4 heteroatoms.